The molecule has 1 aliphatic heterocycles. The van der Waals surface area contributed by atoms with Crippen LogP contribution in [0.3, 0.4) is 0 Å². The molecule has 1 fully saturated rings. The molecule has 0 bridgehead atoms. The minimum atomic E-state index is 0.100. The van der Waals surface area contributed by atoms with Gasteiger partial charge in [-0.25, -0.2) is 9.97 Å². The zero-order chi connectivity index (χ0) is 18.8. The summed E-state index contributed by atoms with van der Waals surface area (Å²) in [4.78, 5) is 26.4. The van der Waals surface area contributed by atoms with E-state index in [0.29, 0.717) is 5.56 Å². The molecule has 3 heterocycles. The lowest BCUT2D eigenvalue weighted by Gasteiger charge is -2.34. The lowest BCUT2D eigenvalue weighted by Crippen LogP contribution is -2.48. The smallest absolute Gasteiger partial charge is 0.254 e. The van der Waals surface area contributed by atoms with E-state index >= 15 is 0 Å². The van der Waals surface area contributed by atoms with Gasteiger partial charge in [0, 0.05) is 43.6 Å². The highest BCUT2D eigenvalue weighted by atomic mass is 16.2. The summed E-state index contributed by atoms with van der Waals surface area (Å²) in [5.41, 5.74) is 3.31. The van der Waals surface area contributed by atoms with Crippen LogP contribution >= 0.6 is 0 Å². The average molecular weight is 363 g/mol. The van der Waals surface area contributed by atoms with E-state index in [1.54, 1.807) is 6.20 Å². The Hall–Kier alpha value is -2.73. The summed E-state index contributed by atoms with van der Waals surface area (Å²) in [5.74, 6) is 0.963. The molecule has 0 aliphatic carbocycles. The zero-order valence-corrected chi connectivity index (χ0v) is 15.9. The predicted octanol–water partition coefficient (Wildman–Crippen LogP) is 2.90. The fourth-order valence-corrected chi connectivity index (χ4v) is 3.79. The van der Waals surface area contributed by atoms with Crippen LogP contribution in [0.25, 0.3) is 16.9 Å². The minimum Gasteiger partial charge on any atom is -0.336 e. The molecule has 6 nitrogen and oxygen atoms in total. The van der Waals surface area contributed by atoms with Gasteiger partial charge in [-0.3, -0.25) is 14.3 Å². The third-order valence-electron chi connectivity index (χ3n) is 5.13. The van der Waals surface area contributed by atoms with Crippen LogP contribution in [0.4, 0.5) is 0 Å². The summed E-state index contributed by atoms with van der Waals surface area (Å²) in [6.45, 7) is 8.75. The fraction of sp³-hybridized carbons (Fsp3) is 0.381. The number of rotatable bonds is 4. The fourth-order valence-electron chi connectivity index (χ4n) is 3.79. The lowest BCUT2D eigenvalue weighted by atomic mass is 10.1. The third-order valence-corrected chi connectivity index (χ3v) is 5.13. The Labute approximate surface area is 159 Å². The second kappa shape index (κ2) is 7.48. The molecule has 3 aromatic rings. The van der Waals surface area contributed by atoms with E-state index in [1.165, 1.54) is 0 Å². The second-order valence-electron chi connectivity index (χ2n) is 7.02. The van der Waals surface area contributed by atoms with E-state index in [9.17, 15) is 4.79 Å². The summed E-state index contributed by atoms with van der Waals surface area (Å²) in [6.07, 6.45) is 2.92. The molecular formula is C21H25N5O. The number of hydrogen-bond donors (Lipinski definition) is 0. The topological polar surface area (TPSA) is 54.3 Å². The van der Waals surface area contributed by atoms with Gasteiger partial charge in [-0.1, -0.05) is 13.0 Å². The summed E-state index contributed by atoms with van der Waals surface area (Å²) in [7, 11) is 0. The Kier molecular flexibility index (Phi) is 4.90. The van der Waals surface area contributed by atoms with Crippen molar-refractivity contribution in [1.29, 1.82) is 0 Å². The third kappa shape index (κ3) is 3.45. The van der Waals surface area contributed by atoms with E-state index in [1.807, 2.05) is 52.8 Å². The molecule has 0 radical (unpaired) electrons. The van der Waals surface area contributed by atoms with Crippen LogP contribution < -0.4 is 0 Å². The first-order valence-electron chi connectivity index (χ1n) is 9.59. The number of nitrogens with zero attached hydrogens (tertiary/aromatic N) is 5. The largest absolute Gasteiger partial charge is 0.336 e. The molecule has 4 rings (SSSR count). The molecule has 0 N–H and O–H groups in total. The Balaban J connectivity index is 1.59. The first-order chi connectivity index (χ1) is 13.2. The molecule has 0 unspecified atom stereocenters. The van der Waals surface area contributed by atoms with Crippen molar-refractivity contribution < 1.29 is 4.79 Å². The normalized spacial score (nSPS) is 15.4. The number of fused-ring (bicyclic) bond motifs is 1. The highest BCUT2D eigenvalue weighted by molar-refractivity contribution is 5.95. The number of carbonyl (C=O) groups is 1. The predicted molar refractivity (Wildman–Crippen MR) is 106 cm³/mol. The Morgan fingerprint density at radius 1 is 1.11 bits per heavy atom. The van der Waals surface area contributed by atoms with Crippen LogP contribution in [0, 0.1) is 6.92 Å². The van der Waals surface area contributed by atoms with Crippen LogP contribution in [-0.2, 0) is 0 Å². The standard InChI is InChI=1S/C21H25N5O/c1-3-10-24-11-13-25(14-12-24)21(27)17-6-4-7-18(15-17)26-16(2)23-19-8-5-9-22-20(19)26/h4-9,15H,3,10-14H2,1-2H3. The molecule has 140 valence electrons. The van der Waals surface area contributed by atoms with Gasteiger partial charge in [-0.2, -0.15) is 0 Å². The van der Waals surface area contributed by atoms with Crippen LogP contribution in [0.1, 0.15) is 29.5 Å². The summed E-state index contributed by atoms with van der Waals surface area (Å²) >= 11 is 0. The molecule has 0 spiro atoms. The molecule has 2 aromatic heterocycles. The van der Waals surface area contributed by atoms with Gasteiger partial charge in [-0.15, -0.1) is 0 Å². The highest BCUT2D eigenvalue weighted by Crippen LogP contribution is 2.21. The van der Waals surface area contributed by atoms with E-state index < -0.39 is 0 Å². The van der Waals surface area contributed by atoms with Crippen molar-refractivity contribution in [2.24, 2.45) is 0 Å². The molecule has 6 heteroatoms. The highest BCUT2D eigenvalue weighted by Gasteiger charge is 2.22. The number of aromatic nitrogens is 3. The van der Waals surface area contributed by atoms with Crippen molar-refractivity contribution in [3.05, 3.63) is 54.0 Å². The molecule has 0 atom stereocenters. The monoisotopic (exact) mass is 363 g/mol. The molecular weight excluding hydrogens is 338 g/mol. The van der Waals surface area contributed by atoms with Gasteiger partial charge in [0.25, 0.3) is 5.91 Å². The van der Waals surface area contributed by atoms with Crippen molar-refractivity contribution in [2.75, 3.05) is 32.7 Å². The van der Waals surface area contributed by atoms with Crippen LogP contribution in [-0.4, -0.2) is 63.0 Å². The molecule has 1 saturated heterocycles. The lowest BCUT2D eigenvalue weighted by molar-refractivity contribution is 0.0637. The number of benzene rings is 1. The number of amides is 1. The zero-order valence-electron chi connectivity index (χ0n) is 15.9. The molecule has 27 heavy (non-hydrogen) atoms. The van der Waals surface area contributed by atoms with Gasteiger partial charge < -0.3 is 4.90 Å². The van der Waals surface area contributed by atoms with Gasteiger partial charge in [0.1, 0.15) is 11.3 Å². The van der Waals surface area contributed by atoms with E-state index in [0.717, 1.165) is 61.8 Å². The number of pyridine rings is 1. The SMILES string of the molecule is CCCN1CCN(C(=O)c2cccc(-n3c(C)nc4cccnc43)c2)CC1. The molecule has 1 aromatic carbocycles. The first-order valence-corrected chi connectivity index (χ1v) is 9.59. The van der Waals surface area contributed by atoms with E-state index in [-0.39, 0.29) is 5.91 Å². The van der Waals surface area contributed by atoms with Crippen molar-refractivity contribution in [1.82, 2.24) is 24.3 Å². The maximum atomic E-state index is 13.0. The number of aryl methyl sites for hydroxylation is 1. The quantitative estimate of drug-likeness (QED) is 0.715. The Morgan fingerprint density at radius 2 is 1.93 bits per heavy atom. The van der Waals surface area contributed by atoms with Crippen molar-refractivity contribution >= 4 is 17.1 Å². The maximum Gasteiger partial charge on any atom is 0.254 e. The van der Waals surface area contributed by atoms with Gasteiger partial charge >= 0.3 is 0 Å². The number of piperazine rings is 1. The van der Waals surface area contributed by atoms with E-state index in [2.05, 4.69) is 21.8 Å². The van der Waals surface area contributed by atoms with Crippen LogP contribution in [0.15, 0.2) is 42.6 Å². The van der Waals surface area contributed by atoms with Crippen molar-refractivity contribution in [3.63, 3.8) is 0 Å². The Morgan fingerprint density at radius 3 is 2.70 bits per heavy atom. The molecule has 0 saturated carbocycles. The van der Waals surface area contributed by atoms with E-state index in [4.69, 9.17) is 0 Å². The number of carbonyl (C=O) groups excluding carboxylic acids is 1. The van der Waals surface area contributed by atoms with Gasteiger partial charge in [0.2, 0.25) is 0 Å². The number of hydrogen-bond acceptors (Lipinski definition) is 4. The summed E-state index contributed by atoms with van der Waals surface area (Å²) in [6, 6.07) is 11.6. The van der Waals surface area contributed by atoms with Crippen LogP contribution in [0.2, 0.25) is 0 Å². The first kappa shape index (κ1) is 17.7. The van der Waals surface area contributed by atoms with Crippen LogP contribution in [0.5, 0.6) is 0 Å². The summed E-state index contributed by atoms with van der Waals surface area (Å²) < 4.78 is 2.01. The van der Waals surface area contributed by atoms with Crippen molar-refractivity contribution in [2.45, 2.75) is 20.3 Å². The van der Waals surface area contributed by atoms with Gasteiger partial charge in [0.05, 0.1) is 0 Å². The second-order valence-corrected chi connectivity index (χ2v) is 7.02. The van der Waals surface area contributed by atoms with Gasteiger partial charge in [0.15, 0.2) is 5.65 Å². The van der Waals surface area contributed by atoms with Crippen molar-refractivity contribution in [3.8, 4) is 5.69 Å². The molecule has 1 amide bonds. The number of imidazole rings is 1. The minimum absolute atomic E-state index is 0.100. The maximum absolute atomic E-state index is 13.0. The van der Waals surface area contributed by atoms with Gasteiger partial charge in [-0.05, 0) is 50.2 Å². The Bertz CT molecular complexity index is 956. The summed E-state index contributed by atoms with van der Waals surface area (Å²) in [5, 5.41) is 0. The molecule has 1 aliphatic rings. The average Bonchev–Trinajstić information content (AvgIpc) is 3.04.